The van der Waals surface area contributed by atoms with Crippen LogP contribution in [0.25, 0.3) is 0 Å². The number of rotatable bonds is 7. The lowest BCUT2D eigenvalue weighted by atomic mass is 9.91. The summed E-state index contributed by atoms with van der Waals surface area (Å²) < 4.78 is 5.46. The van der Waals surface area contributed by atoms with E-state index >= 15 is 0 Å². The van der Waals surface area contributed by atoms with Crippen molar-refractivity contribution in [1.82, 2.24) is 10.2 Å². The molecule has 30 heavy (non-hydrogen) atoms. The molecule has 3 unspecified atom stereocenters. The lowest BCUT2D eigenvalue weighted by Crippen LogP contribution is -2.39. The van der Waals surface area contributed by atoms with Crippen LogP contribution in [0.5, 0.6) is 0 Å². The number of nitrogens with one attached hydrogen (secondary N) is 1. The Bertz CT molecular complexity index is 871. The molecule has 1 aliphatic rings. The van der Waals surface area contributed by atoms with E-state index in [0.717, 1.165) is 25.3 Å². The van der Waals surface area contributed by atoms with E-state index in [1.54, 1.807) is 24.5 Å². The van der Waals surface area contributed by atoms with Gasteiger partial charge in [-0.1, -0.05) is 13.8 Å². The van der Waals surface area contributed by atoms with Gasteiger partial charge in [-0.3, -0.25) is 19.8 Å². The lowest BCUT2D eigenvalue weighted by Gasteiger charge is -2.36. The number of piperidine rings is 1. The molecule has 0 bridgehead atoms. The van der Waals surface area contributed by atoms with Gasteiger partial charge in [-0.25, -0.2) is 0 Å². The summed E-state index contributed by atoms with van der Waals surface area (Å²) in [7, 11) is 3.80. The molecule has 1 aliphatic heterocycles. The number of likely N-dealkylation sites (N-methyl/N-ethyl adjacent to an activating group) is 1. The van der Waals surface area contributed by atoms with Crippen LogP contribution in [0, 0.1) is 22.0 Å². The molecule has 0 aliphatic carbocycles. The average molecular weight is 415 g/mol. The third kappa shape index (κ3) is 4.99. The number of amides is 1. The summed E-state index contributed by atoms with van der Waals surface area (Å²) in [6.07, 6.45) is 2.71. The highest BCUT2D eigenvalue weighted by molar-refractivity contribution is 5.95. The minimum atomic E-state index is -0.401. The van der Waals surface area contributed by atoms with Gasteiger partial charge < -0.3 is 14.6 Å². The van der Waals surface area contributed by atoms with Gasteiger partial charge in [-0.2, -0.15) is 0 Å². The Kier molecular flexibility index (Phi) is 6.77. The summed E-state index contributed by atoms with van der Waals surface area (Å²) >= 11 is 0. The fourth-order valence-electron chi connectivity index (χ4n) is 4.25. The molecule has 1 N–H and O–H groups in total. The average Bonchev–Trinajstić information content (AvgIpc) is 3.20. The molecule has 0 spiro atoms. The largest absolute Gasteiger partial charge is 0.468 e. The molecule has 1 fully saturated rings. The number of anilines is 1. The molecule has 2 heterocycles. The second-order valence-corrected chi connectivity index (χ2v) is 8.52. The van der Waals surface area contributed by atoms with Gasteiger partial charge in [0.05, 0.1) is 17.2 Å². The highest BCUT2D eigenvalue weighted by Crippen LogP contribution is 2.34. The number of nitro benzene ring substituents is 1. The zero-order valence-corrected chi connectivity index (χ0v) is 18.0. The number of nitrogens with zero attached hydrogens (tertiary/aromatic N) is 3. The summed E-state index contributed by atoms with van der Waals surface area (Å²) in [6, 6.07) is 8.28. The Morgan fingerprint density at radius 1 is 1.30 bits per heavy atom. The van der Waals surface area contributed by atoms with Crippen LogP contribution in [-0.4, -0.2) is 49.5 Å². The van der Waals surface area contributed by atoms with Crippen molar-refractivity contribution in [3.63, 3.8) is 0 Å². The Balaban J connectivity index is 1.76. The monoisotopic (exact) mass is 414 g/mol. The number of carbonyl (C=O) groups excluding carboxylic acids is 1. The van der Waals surface area contributed by atoms with Gasteiger partial charge in [0.25, 0.3) is 11.6 Å². The Hall–Kier alpha value is -2.87. The van der Waals surface area contributed by atoms with Crippen LogP contribution >= 0.6 is 0 Å². The number of carbonyl (C=O) groups is 1. The van der Waals surface area contributed by atoms with Crippen LogP contribution in [0.15, 0.2) is 41.0 Å². The number of nitro groups is 1. The van der Waals surface area contributed by atoms with Crippen molar-refractivity contribution < 1.29 is 14.1 Å². The lowest BCUT2D eigenvalue weighted by molar-refractivity contribution is -0.384. The first kappa shape index (κ1) is 21.8. The topological polar surface area (TPSA) is 91.9 Å². The molecule has 162 valence electrons. The van der Waals surface area contributed by atoms with E-state index in [1.807, 2.05) is 25.1 Å². The first-order chi connectivity index (χ1) is 14.3. The molecule has 0 saturated carbocycles. The molecule has 1 amide bonds. The zero-order valence-electron chi connectivity index (χ0n) is 18.0. The molecule has 3 rings (SSSR count). The predicted molar refractivity (Wildman–Crippen MR) is 116 cm³/mol. The van der Waals surface area contributed by atoms with Crippen LogP contribution in [0.4, 0.5) is 11.4 Å². The third-order valence-corrected chi connectivity index (χ3v) is 5.59. The summed E-state index contributed by atoms with van der Waals surface area (Å²) in [4.78, 5) is 28.1. The Morgan fingerprint density at radius 2 is 2.00 bits per heavy atom. The summed E-state index contributed by atoms with van der Waals surface area (Å²) in [5.74, 6) is 1.35. The van der Waals surface area contributed by atoms with E-state index < -0.39 is 4.92 Å². The molecule has 8 nitrogen and oxygen atoms in total. The molecule has 1 aromatic carbocycles. The number of hydrogen-bond acceptors (Lipinski definition) is 6. The molecule has 2 aromatic rings. The van der Waals surface area contributed by atoms with E-state index in [4.69, 9.17) is 4.42 Å². The predicted octanol–water partition coefficient (Wildman–Crippen LogP) is 3.70. The minimum Gasteiger partial charge on any atom is -0.468 e. The van der Waals surface area contributed by atoms with Gasteiger partial charge in [0.1, 0.15) is 11.4 Å². The van der Waals surface area contributed by atoms with Crippen LogP contribution < -0.4 is 10.2 Å². The zero-order chi connectivity index (χ0) is 21.8. The smallest absolute Gasteiger partial charge is 0.293 e. The van der Waals surface area contributed by atoms with Gasteiger partial charge >= 0.3 is 0 Å². The normalized spacial score (nSPS) is 20.2. The summed E-state index contributed by atoms with van der Waals surface area (Å²) in [6.45, 7) is 6.22. The summed E-state index contributed by atoms with van der Waals surface area (Å²) in [5, 5.41) is 14.6. The molecule has 1 aromatic heterocycles. The van der Waals surface area contributed by atoms with Crippen LogP contribution in [0.1, 0.15) is 42.4 Å². The number of benzene rings is 1. The molecule has 1 saturated heterocycles. The van der Waals surface area contributed by atoms with E-state index in [-0.39, 0.29) is 23.2 Å². The molecule has 3 atom stereocenters. The second kappa shape index (κ2) is 9.30. The highest BCUT2D eigenvalue weighted by atomic mass is 16.6. The number of furan rings is 1. The molecule has 0 radical (unpaired) electrons. The van der Waals surface area contributed by atoms with Crippen LogP contribution in [0.2, 0.25) is 0 Å². The van der Waals surface area contributed by atoms with Crippen LogP contribution in [0.3, 0.4) is 0 Å². The summed E-state index contributed by atoms with van der Waals surface area (Å²) in [5.41, 5.74) is 0.830. The van der Waals surface area contributed by atoms with E-state index in [2.05, 4.69) is 24.1 Å². The Morgan fingerprint density at radius 3 is 2.57 bits per heavy atom. The highest BCUT2D eigenvalue weighted by Gasteiger charge is 2.28. The fourth-order valence-corrected chi connectivity index (χ4v) is 4.25. The Labute approximate surface area is 177 Å². The standard InChI is InChI=1S/C22H30N4O4/c1-15-10-16(2)14-25(13-15)18-8-7-17(11-19(18)26(28)29)22(27)23-12-20(24(3)4)21-6-5-9-30-21/h5-9,11,15-16,20H,10,12-14H2,1-4H3,(H,23,27). The van der Waals surface area contributed by atoms with E-state index in [1.165, 1.54) is 6.07 Å². The van der Waals surface area contributed by atoms with Gasteiger partial charge in [0.2, 0.25) is 0 Å². The maximum Gasteiger partial charge on any atom is 0.293 e. The molecular weight excluding hydrogens is 384 g/mol. The van der Waals surface area contributed by atoms with Crippen molar-refractivity contribution in [3.8, 4) is 0 Å². The van der Waals surface area contributed by atoms with Crippen molar-refractivity contribution in [2.75, 3.05) is 38.6 Å². The molecular formula is C22H30N4O4. The van der Waals surface area contributed by atoms with E-state index in [9.17, 15) is 14.9 Å². The van der Waals surface area contributed by atoms with E-state index in [0.29, 0.717) is 24.1 Å². The van der Waals surface area contributed by atoms with Crippen molar-refractivity contribution in [2.24, 2.45) is 11.8 Å². The fraction of sp³-hybridized carbons (Fsp3) is 0.500. The second-order valence-electron chi connectivity index (χ2n) is 8.52. The SMILES string of the molecule is CC1CC(C)CN(c2ccc(C(=O)NCC(c3ccco3)N(C)C)cc2[N+](=O)[O-])C1. The minimum absolute atomic E-state index is 0.0286. The first-order valence-electron chi connectivity index (χ1n) is 10.3. The quantitative estimate of drug-likeness (QED) is 0.549. The third-order valence-electron chi connectivity index (χ3n) is 5.59. The maximum atomic E-state index is 12.7. The van der Waals surface area contributed by atoms with Crippen LogP contribution in [-0.2, 0) is 0 Å². The van der Waals surface area contributed by atoms with Crippen molar-refractivity contribution in [3.05, 3.63) is 58.0 Å². The maximum absolute atomic E-state index is 12.7. The van der Waals surface area contributed by atoms with Gasteiger partial charge in [0.15, 0.2) is 0 Å². The number of hydrogen-bond donors (Lipinski definition) is 1. The van der Waals surface area contributed by atoms with Crippen molar-refractivity contribution in [1.29, 1.82) is 0 Å². The van der Waals surface area contributed by atoms with Crippen molar-refractivity contribution in [2.45, 2.75) is 26.3 Å². The van der Waals surface area contributed by atoms with Gasteiger partial charge in [0, 0.05) is 31.3 Å². The van der Waals surface area contributed by atoms with Crippen molar-refractivity contribution >= 4 is 17.3 Å². The van der Waals surface area contributed by atoms with Gasteiger partial charge in [-0.15, -0.1) is 0 Å². The van der Waals surface area contributed by atoms with Gasteiger partial charge in [-0.05, 0) is 56.6 Å². The first-order valence-corrected chi connectivity index (χ1v) is 10.3. The molecule has 8 heteroatoms.